The van der Waals surface area contributed by atoms with Gasteiger partial charge < -0.3 is 9.80 Å². The number of nitrogens with zero attached hydrogens (tertiary/aromatic N) is 4. The number of hydrogen-bond donors (Lipinski definition) is 0. The summed E-state index contributed by atoms with van der Waals surface area (Å²) in [4.78, 5) is 12.5. The molecule has 0 bridgehead atoms. The van der Waals surface area contributed by atoms with Gasteiger partial charge in [0.15, 0.2) is 0 Å². The fraction of sp³-hybridized carbons (Fsp3) is 0.444. The predicted molar refractivity (Wildman–Crippen MR) is 50.1 cm³/mol. The summed E-state index contributed by atoms with van der Waals surface area (Å²) in [6.45, 7) is 6.08. The van der Waals surface area contributed by atoms with Gasteiger partial charge in [0.1, 0.15) is 12.4 Å². The first kappa shape index (κ1) is 8.44. The number of anilines is 1. The van der Waals surface area contributed by atoms with E-state index in [2.05, 4.69) is 28.5 Å². The molecule has 0 unspecified atom stereocenters. The Kier molecular flexibility index (Phi) is 2.40. The van der Waals surface area contributed by atoms with Gasteiger partial charge in [-0.15, -0.1) is 0 Å². The van der Waals surface area contributed by atoms with Gasteiger partial charge in [-0.2, -0.15) is 0 Å². The quantitative estimate of drug-likeness (QED) is 0.614. The number of hydrogen-bond acceptors (Lipinski definition) is 4. The van der Waals surface area contributed by atoms with Crippen LogP contribution < -0.4 is 4.90 Å². The summed E-state index contributed by atoms with van der Waals surface area (Å²) in [5, 5.41) is 0. The van der Waals surface area contributed by atoms with Crippen LogP contribution in [0, 0.1) is 6.54 Å². The zero-order chi connectivity index (χ0) is 9.10. The molecule has 0 amide bonds. The molecule has 1 aromatic heterocycles. The van der Waals surface area contributed by atoms with E-state index in [4.69, 9.17) is 0 Å². The lowest BCUT2D eigenvalue weighted by molar-refractivity contribution is 0.336. The summed E-state index contributed by atoms with van der Waals surface area (Å²) in [5.41, 5.74) is 0. The van der Waals surface area contributed by atoms with Gasteiger partial charge in [0, 0.05) is 32.0 Å². The zero-order valence-corrected chi connectivity index (χ0v) is 7.64. The topological polar surface area (TPSA) is 32.3 Å². The Hall–Kier alpha value is -1.16. The predicted octanol–water partition coefficient (Wildman–Crippen LogP) is 0.267. The molecule has 1 saturated heterocycles. The van der Waals surface area contributed by atoms with Crippen LogP contribution in [0.2, 0.25) is 0 Å². The molecule has 1 aromatic rings. The van der Waals surface area contributed by atoms with Crippen molar-refractivity contribution in [3.8, 4) is 0 Å². The summed E-state index contributed by atoms with van der Waals surface area (Å²) in [6.07, 6.45) is 5.15. The Labute approximate surface area is 78.2 Å². The summed E-state index contributed by atoms with van der Waals surface area (Å²) in [6, 6.07) is 0. The minimum absolute atomic E-state index is 0.858. The van der Waals surface area contributed by atoms with E-state index in [1.807, 2.05) is 4.90 Å². The van der Waals surface area contributed by atoms with Crippen LogP contribution in [0.4, 0.5) is 5.82 Å². The first-order chi connectivity index (χ1) is 6.36. The Balaban J connectivity index is 2.03. The van der Waals surface area contributed by atoms with E-state index in [1.54, 1.807) is 18.6 Å². The highest BCUT2D eigenvalue weighted by atomic mass is 15.3. The van der Waals surface area contributed by atoms with Gasteiger partial charge in [-0.3, -0.25) is 4.98 Å². The van der Waals surface area contributed by atoms with Crippen molar-refractivity contribution in [2.75, 3.05) is 31.6 Å². The first-order valence-corrected chi connectivity index (χ1v) is 4.32. The van der Waals surface area contributed by atoms with Crippen molar-refractivity contribution in [1.29, 1.82) is 0 Å². The van der Waals surface area contributed by atoms with Crippen molar-refractivity contribution >= 4 is 5.82 Å². The van der Waals surface area contributed by atoms with Crippen LogP contribution in [0.25, 0.3) is 0 Å². The second kappa shape index (κ2) is 3.70. The van der Waals surface area contributed by atoms with Crippen LogP contribution in [0.5, 0.6) is 0 Å². The highest BCUT2D eigenvalue weighted by Gasteiger charge is 2.15. The average Bonchev–Trinajstić information content (AvgIpc) is 2.20. The molecule has 1 aliphatic rings. The second-order valence-corrected chi connectivity index (χ2v) is 3.11. The normalized spacial score (nSPS) is 19.0. The van der Waals surface area contributed by atoms with Gasteiger partial charge in [-0.05, 0) is 7.05 Å². The SMILES string of the molecule is CN1C[C]N(c2cnccn2)CC1. The maximum absolute atomic E-state index is 4.21. The second-order valence-electron chi connectivity index (χ2n) is 3.11. The van der Waals surface area contributed by atoms with E-state index >= 15 is 0 Å². The van der Waals surface area contributed by atoms with E-state index < -0.39 is 0 Å². The number of aromatic nitrogens is 2. The van der Waals surface area contributed by atoms with E-state index in [0.29, 0.717) is 0 Å². The lowest BCUT2D eigenvalue weighted by atomic mass is 10.3. The minimum atomic E-state index is 0.858. The molecule has 0 atom stereocenters. The molecule has 68 valence electrons. The van der Waals surface area contributed by atoms with E-state index in [0.717, 1.165) is 25.5 Å². The Morgan fingerprint density at radius 2 is 2.31 bits per heavy atom. The third-order valence-electron chi connectivity index (χ3n) is 2.06. The lowest BCUT2D eigenvalue weighted by Crippen LogP contribution is -2.41. The highest BCUT2D eigenvalue weighted by Crippen LogP contribution is 2.12. The standard InChI is InChI=1S/C9H12N4/c1-12-4-6-13(7-5-12)9-8-10-2-3-11-9/h2-3,8H,4-6H2,1H3. The molecule has 13 heavy (non-hydrogen) atoms. The highest BCUT2D eigenvalue weighted by molar-refractivity contribution is 5.38. The summed E-state index contributed by atoms with van der Waals surface area (Å²) in [5.74, 6) is 0.885. The van der Waals surface area contributed by atoms with Crippen molar-refractivity contribution in [2.45, 2.75) is 0 Å². The van der Waals surface area contributed by atoms with Crippen molar-refractivity contribution in [3.63, 3.8) is 0 Å². The summed E-state index contributed by atoms with van der Waals surface area (Å²) >= 11 is 0. The van der Waals surface area contributed by atoms with Gasteiger partial charge in [-0.1, -0.05) is 0 Å². The monoisotopic (exact) mass is 176 g/mol. The van der Waals surface area contributed by atoms with Crippen molar-refractivity contribution in [3.05, 3.63) is 25.1 Å². The summed E-state index contributed by atoms with van der Waals surface area (Å²) in [7, 11) is 2.08. The van der Waals surface area contributed by atoms with Gasteiger partial charge in [0.2, 0.25) is 0 Å². The van der Waals surface area contributed by atoms with Gasteiger partial charge in [0.05, 0.1) is 6.20 Å². The maximum Gasteiger partial charge on any atom is 0.147 e. The molecule has 0 N–H and O–H groups in total. The molecule has 4 heteroatoms. The van der Waals surface area contributed by atoms with E-state index in [9.17, 15) is 0 Å². The maximum atomic E-state index is 4.21. The number of piperazine rings is 1. The van der Waals surface area contributed by atoms with Crippen molar-refractivity contribution < 1.29 is 0 Å². The summed E-state index contributed by atoms with van der Waals surface area (Å²) < 4.78 is 0. The van der Waals surface area contributed by atoms with Crippen LogP contribution in [0.15, 0.2) is 18.6 Å². The third-order valence-corrected chi connectivity index (χ3v) is 2.06. The zero-order valence-electron chi connectivity index (χ0n) is 7.64. The number of likely N-dealkylation sites (N-methyl/N-ethyl adjacent to an activating group) is 1. The number of rotatable bonds is 1. The Morgan fingerprint density at radius 3 is 2.92 bits per heavy atom. The molecule has 0 saturated carbocycles. The van der Waals surface area contributed by atoms with Gasteiger partial charge in [0.25, 0.3) is 0 Å². The molecule has 1 aliphatic heterocycles. The molecule has 0 aliphatic carbocycles. The molecule has 1 fully saturated rings. The molecule has 4 nitrogen and oxygen atoms in total. The third kappa shape index (κ3) is 1.95. The smallest absolute Gasteiger partial charge is 0.147 e. The van der Waals surface area contributed by atoms with Crippen LogP contribution >= 0.6 is 0 Å². The van der Waals surface area contributed by atoms with E-state index in [-0.39, 0.29) is 0 Å². The van der Waals surface area contributed by atoms with E-state index in [1.165, 1.54) is 0 Å². The van der Waals surface area contributed by atoms with Crippen LogP contribution in [0.1, 0.15) is 0 Å². The minimum Gasteiger partial charge on any atom is -0.342 e. The fourth-order valence-corrected chi connectivity index (χ4v) is 1.26. The largest absolute Gasteiger partial charge is 0.342 e. The molecular weight excluding hydrogens is 164 g/mol. The fourth-order valence-electron chi connectivity index (χ4n) is 1.26. The van der Waals surface area contributed by atoms with Crippen molar-refractivity contribution in [1.82, 2.24) is 14.9 Å². The average molecular weight is 176 g/mol. The van der Waals surface area contributed by atoms with Crippen molar-refractivity contribution in [2.24, 2.45) is 0 Å². The lowest BCUT2D eigenvalue weighted by Gasteiger charge is -2.31. The molecule has 2 radical (unpaired) electrons. The molecule has 2 rings (SSSR count). The Bertz CT molecular complexity index is 254. The molecule has 0 aromatic carbocycles. The molecule has 0 spiro atoms. The molecular formula is C9H12N4. The van der Waals surface area contributed by atoms with Crippen LogP contribution in [0.3, 0.4) is 0 Å². The van der Waals surface area contributed by atoms with Crippen LogP contribution in [-0.4, -0.2) is 41.5 Å². The van der Waals surface area contributed by atoms with Gasteiger partial charge in [-0.25, -0.2) is 4.98 Å². The first-order valence-electron chi connectivity index (χ1n) is 4.32. The Morgan fingerprint density at radius 1 is 1.38 bits per heavy atom. The molecule has 2 heterocycles. The van der Waals surface area contributed by atoms with Crippen LogP contribution in [-0.2, 0) is 0 Å². The van der Waals surface area contributed by atoms with Gasteiger partial charge >= 0.3 is 0 Å².